The summed E-state index contributed by atoms with van der Waals surface area (Å²) in [6, 6.07) is 7.34. The highest BCUT2D eigenvalue weighted by Crippen LogP contribution is 2.26. The third-order valence-electron chi connectivity index (χ3n) is 4.14. The van der Waals surface area contributed by atoms with Crippen molar-refractivity contribution in [2.24, 2.45) is 17.6 Å². The van der Waals surface area contributed by atoms with Crippen LogP contribution in [0.4, 0.5) is 0 Å². The fraction of sp³-hybridized carbons (Fsp3) is 0.625. The zero-order chi connectivity index (χ0) is 15.6. The number of halogens is 1. The highest BCUT2D eigenvalue weighted by Gasteiger charge is 2.33. The SMILES string of the molecule is CC(C)Cc1ccc(S(=O)(=O)N2CCC(C(C)N)C2)cc1.Cl. The minimum absolute atomic E-state index is 0. The maximum absolute atomic E-state index is 12.6. The van der Waals surface area contributed by atoms with E-state index in [1.807, 2.05) is 19.1 Å². The molecule has 0 amide bonds. The van der Waals surface area contributed by atoms with Gasteiger partial charge in [-0.2, -0.15) is 4.31 Å². The van der Waals surface area contributed by atoms with E-state index in [0.717, 1.165) is 12.8 Å². The van der Waals surface area contributed by atoms with E-state index < -0.39 is 10.0 Å². The lowest BCUT2D eigenvalue weighted by atomic mass is 10.0. The van der Waals surface area contributed by atoms with E-state index in [9.17, 15) is 8.42 Å². The first-order chi connectivity index (χ1) is 9.80. The van der Waals surface area contributed by atoms with E-state index in [2.05, 4.69) is 13.8 Å². The molecule has 0 saturated carbocycles. The highest BCUT2D eigenvalue weighted by atomic mass is 35.5. The molecule has 0 aliphatic carbocycles. The molecule has 2 N–H and O–H groups in total. The summed E-state index contributed by atoms with van der Waals surface area (Å²) < 4.78 is 26.8. The average molecular weight is 347 g/mol. The van der Waals surface area contributed by atoms with Crippen molar-refractivity contribution in [3.8, 4) is 0 Å². The predicted molar refractivity (Wildman–Crippen MR) is 92.7 cm³/mol. The van der Waals surface area contributed by atoms with Crippen LogP contribution in [0.2, 0.25) is 0 Å². The van der Waals surface area contributed by atoms with Crippen molar-refractivity contribution in [2.75, 3.05) is 13.1 Å². The van der Waals surface area contributed by atoms with Crippen molar-refractivity contribution < 1.29 is 8.42 Å². The van der Waals surface area contributed by atoms with Gasteiger partial charge in [-0.15, -0.1) is 12.4 Å². The second kappa shape index (κ2) is 7.77. The fourth-order valence-corrected chi connectivity index (χ4v) is 4.33. The number of benzene rings is 1. The van der Waals surface area contributed by atoms with Gasteiger partial charge in [-0.05, 0) is 49.3 Å². The van der Waals surface area contributed by atoms with Crippen molar-refractivity contribution in [1.82, 2.24) is 4.31 Å². The summed E-state index contributed by atoms with van der Waals surface area (Å²) in [7, 11) is -3.37. The summed E-state index contributed by atoms with van der Waals surface area (Å²) in [5.74, 6) is 0.831. The number of sulfonamides is 1. The number of hydrogen-bond acceptors (Lipinski definition) is 3. The predicted octanol–water partition coefficient (Wildman–Crippen LogP) is 2.66. The normalized spacial score (nSPS) is 20.9. The van der Waals surface area contributed by atoms with Crippen LogP contribution >= 0.6 is 12.4 Å². The van der Waals surface area contributed by atoms with E-state index >= 15 is 0 Å². The smallest absolute Gasteiger partial charge is 0.243 e. The summed E-state index contributed by atoms with van der Waals surface area (Å²) in [5.41, 5.74) is 7.07. The topological polar surface area (TPSA) is 63.4 Å². The van der Waals surface area contributed by atoms with Crippen LogP contribution in [-0.2, 0) is 16.4 Å². The van der Waals surface area contributed by atoms with Gasteiger partial charge in [0.05, 0.1) is 4.90 Å². The molecule has 0 radical (unpaired) electrons. The van der Waals surface area contributed by atoms with E-state index in [1.54, 1.807) is 16.4 Å². The molecule has 126 valence electrons. The Bertz CT molecular complexity index is 570. The zero-order valence-corrected chi connectivity index (χ0v) is 15.2. The lowest BCUT2D eigenvalue weighted by Gasteiger charge is -2.18. The number of rotatable bonds is 5. The zero-order valence-electron chi connectivity index (χ0n) is 13.5. The summed E-state index contributed by atoms with van der Waals surface area (Å²) in [6.07, 6.45) is 1.82. The van der Waals surface area contributed by atoms with Gasteiger partial charge in [0.15, 0.2) is 0 Å². The van der Waals surface area contributed by atoms with Crippen LogP contribution in [0.5, 0.6) is 0 Å². The van der Waals surface area contributed by atoms with Gasteiger partial charge in [-0.1, -0.05) is 26.0 Å². The van der Waals surface area contributed by atoms with Gasteiger partial charge in [0.2, 0.25) is 10.0 Å². The first kappa shape index (κ1) is 19.4. The lowest BCUT2D eigenvalue weighted by molar-refractivity contribution is 0.429. The van der Waals surface area contributed by atoms with Crippen molar-refractivity contribution in [2.45, 2.75) is 44.6 Å². The molecule has 2 unspecified atom stereocenters. The van der Waals surface area contributed by atoms with Gasteiger partial charge in [0, 0.05) is 19.1 Å². The van der Waals surface area contributed by atoms with Gasteiger partial charge < -0.3 is 5.73 Å². The van der Waals surface area contributed by atoms with Crippen molar-refractivity contribution in [3.05, 3.63) is 29.8 Å². The highest BCUT2D eigenvalue weighted by molar-refractivity contribution is 7.89. The Morgan fingerprint density at radius 3 is 2.27 bits per heavy atom. The first-order valence-corrected chi connectivity index (χ1v) is 9.09. The van der Waals surface area contributed by atoms with E-state index in [0.29, 0.717) is 23.9 Å². The van der Waals surface area contributed by atoms with Crippen LogP contribution < -0.4 is 5.73 Å². The molecule has 2 rings (SSSR count). The molecular formula is C16H27ClN2O2S. The molecular weight excluding hydrogens is 320 g/mol. The molecule has 22 heavy (non-hydrogen) atoms. The molecule has 1 aliphatic rings. The molecule has 1 aromatic rings. The Hall–Kier alpha value is -0.620. The van der Waals surface area contributed by atoms with Gasteiger partial charge in [-0.25, -0.2) is 8.42 Å². The van der Waals surface area contributed by atoms with E-state index in [-0.39, 0.29) is 24.4 Å². The summed E-state index contributed by atoms with van der Waals surface area (Å²) in [4.78, 5) is 0.389. The molecule has 6 heteroatoms. The minimum Gasteiger partial charge on any atom is -0.328 e. The second-order valence-electron chi connectivity index (χ2n) is 6.51. The molecule has 1 heterocycles. The monoisotopic (exact) mass is 346 g/mol. The van der Waals surface area contributed by atoms with Crippen molar-refractivity contribution >= 4 is 22.4 Å². The van der Waals surface area contributed by atoms with Crippen molar-refractivity contribution in [1.29, 1.82) is 0 Å². The van der Waals surface area contributed by atoms with Gasteiger partial charge in [0.25, 0.3) is 0 Å². The summed E-state index contributed by atoms with van der Waals surface area (Å²) >= 11 is 0. The molecule has 2 atom stereocenters. The molecule has 0 bridgehead atoms. The Balaban J connectivity index is 0.00000242. The van der Waals surface area contributed by atoms with Gasteiger partial charge in [-0.3, -0.25) is 0 Å². The molecule has 0 spiro atoms. The van der Waals surface area contributed by atoms with Crippen LogP contribution in [0, 0.1) is 11.8 Å². The third-order valence-corrected chi connectivity index (χ3v) is 6.02. The Kier molecular flexibility index (Phi) is 6.86. The molecule has 1 fully saturated rings. The van der Waals surface area contributed by atoms with Crippen LogP contribution in [-0.4, -0.2) is 31.9 Å². The van der Waals surface area contributed by atoms with E-state index in [1.165, 1.54) is 5.56 Å². The molecule has 1 saturated heterocycles. The third kappa shape index (κ3) is 4.44. The number of nitrogens with zero attached hydrogens (tertiary/aromatic N) is 1. The molecule has 0 aromatic heterocycles. The summed E-state index contributed by atoms with van der Waals surface area (Å²) in [5, 5.41) is 0. The Morgan fingerprint density at radius 1 is 1.23 bits per heavy atom. The van der Waals surface area contributed by atoms with E-state index in [4.69, 9.17) is 5.73 Å². The summed E-state index contributed by atoms with van der Waals surface area (Å²) in [6.45, 7) is 7.36. The number of hydrogen-bond donors (Lipinski definition) is 1. The number of nitrogens with two attached hydrogens (primary N) is 1. The molecule has 1 aromatic carbocycles. The first-order valence-electron chi connectivity index (χ1n) is 7.65. The van der Waals surface area contributed by atoms with Crippen molar-refractivity contribution in [3.63, 3.8) is 0 Å². The Labute approximate surface area is 140 Å². The van der Waals surface area contributed by atoms with Crippen LogP contribution in [0.25, 0.3) is 0 Å². The van der Waals surface area contributed by atoms with Crippen LogP contribution in [0.15, 0.2) is 29.2 Å². The van der Waals surface area contributed by atoms with Gasteiger partial charge in [0.1, 0.15) is 0 Å². The quantitative estimate of drug-likeness (QED) is 0.891. The van der Waals surface area contributed by atoms with Crippen LogP contribution in [0.3, 0.4) is 0 Å². The molecule has 4 nitrogen and oxygen atoms in total. The lowest BCUT2D eigenvalue weighted by Crippen LogP contribution is -2.33. The fourth-order valence-electron chi connectivity index (χ4n) is 2.82. The van der Waals surface area contributed by atoms with Crippen LogP contribution in [0.1, 0.15) is 32.8 Å². The Morgan fingerprint density at radius 2 is 1.82 bits per heavy atom. The largest absolute Gasteiger partial charge is 0.328 e. The second-order valence-corrected chi connectivity index (χ2v) is 8.45. The van der Waals surface area contributed by atoms with Gasteiger partial charge >= 0.3 is 0 Å². The maximum atomic E-state index is 12.6. The average Bonchev–Trinajstić information content (AvgIpc) is 2.89. The maximum Gasteiger partial charge on any atom is 0.243 e. The minimum atomic E-state index is -3.37. The standard InChI is InChI=1S/C16H26N2O2S.ClH/c1-12(2)10-14-4-6-16(7-5-14)21(19,20)18-9-8-15(11-18)13(3)17;/h4-7,12-13,15H,8-11,17H2,1-3H3;1H. The molecule has 1 aliphatic heterocycles.